The third kappa shape index (κ3) is 4.56. The fraction of sp³-hybridized carbons (Fsp3) is 0.389. The van der Waals surface area contributed by atoms with E-state index in [-0.39, 0.29) is 12.3 Å². The summed E-state index contributed by atoms with van der Waals surface area (Å²) in [5.74, 6) is -0.553. The highest BCUT2D eigenvalue weighted by atomic mass is 35.5. The highest BCUT2D eigenvalue weighted by Gasteiger charge is 2.32. The van der Waals surface area contributed by atoms with Crippen LogP contribution in [0.5, 0.6) is 0 Å². The SMILES string of the molecule is CCOC(=O)c1cc(Cl)c2c(n1)CN(Cc1ccnc(C(F)(F)F)c1)CC2. The predicted octanol–water partition coefficient (Wildman–Crippen LogP) is 3.88. The lowest BCUT2D eigenvalue weighted by Gasteiger charge is -2.29. The quantitative estimate of drug-likeness (QED) is 0.730. The Kier molecular flexibility index (Phi) is 5.67. The summed E-state index contributed by atoms with van der Waals surface area (Å²) in [6.45, 7) is 3.24. The minimum Gasteiger partial charge on any atom is -0.461 e. The number of aromatic nitrogens is 2. The lowest BCUT2D eigenvalue weighted by atomic mass is 10.0. The molecule has 144 valence electrons. The Balaban J connectivity index is 1.79. The maximum atomic E-state index is 12.8. The second-order valence-electron chi connectivity index (χ2n) is 6.14. The van der Waals surface area contributed by atoms with Crippen LogP contribution in [-0.4, -0.2) is 34.0 Å². The van der Waals surface area contributed by atoms with Gasteiger partial charge in [-0.15, -0.1) is 0 Å². The molecule has 27 heavy (non-hydrogen) atoms. The molecule has 0 fully saturated rings. The first-order valence-corrected chi connectivity index (χ1v) is 8.75. The molecule has 1 aliphatic rings. The van der Waals surface area contributed by atoms with E-state index in [1.165, 1.54) is 6.07 Å². The number of hydrogen-bond donors (Lipinski definition) is 0. The molecule has 0 unspecified atom stereocenters. The summed E-state index contributed by atoms with van der Waals surface area (Å²) >= 11 is 6.27. The van der Waals surface area contributed by atoms with Gasteiger partial charge in [0.25, 0.3) is 0 Å². The van der Waals surface area contributed by atoms with Gasteiger partial charge >= 0.3 is 12.1 Å². The van der Waals surface area contributed by atoms with Gasteiger partial charge in [0.05, 0.1) is 12.3 Å². The highest BCUT2D eigenvalue weighted by molar-refractivity contribution is 6.31. The molecule has 0 N–H and O–H groups in total. The molecule has 3 heterocycles. The van der Waals surface area contributed by atoms with Crippen molar-refractivity contribution < 1.29 is 22.7 Å². The molecule has 0 saturated heterocycles. The van der Waals surface area contributed by atoms with Gasteiger partial charge in [0.2, 0.25) is 0 Å². The first-order chi connectivity index (χ1) is 12.8. The van der Waals surface area contributed by atoms with Gasteiger partial charge in [-0.3, -0.25) is 9.88 Å². The molecule has 0 spiro atoms. The van der Waals surface area contributed by atoms with Crippen molar-refractivity contribution >= 4 is 17.6 Å². The molecular weight excluding hydrogens is 383 g/mol. The maximum absolute atomic E-state index is 12.8. The topological polar surface area (TPSA) is 55.3 Å². The number of pyridine rings is 2. The summed E-state index contributed by atoms with van der Waals surface area (Å²) in [5.41, 5.74) is 1.22. The Morgan fingerprint density at radius 1 is 1.37 bits per heavy atom. The largest absolute Gasteiger partial charge is 0.461 e. The average molecular weight is 400 g/mol. The fourth-order valence-corrected chi connectivity index (χ4v) is 3.28. The highest BCUT2D eigenvalue weighted by Crippen LogP contribution is 2.29. The van der Waals surface area contributed by atoms with E-state index in [0.717, 1.165) is 17.8 Å². The number of carbonyl (C=O) groups is 1. The van der Waals surface area contributed by atoms with Crippen LogP contribution in [-0.2, 0) is 30.4 Å². The molecule has 9 heteroatoms. The van der Waals surface area contributed by atoms with Gasteiger partial charge in [0, 0.05) is 30.9 Å². The van der Waals surface area contributed by atoms with E-state index in [1.54, 1.807) is 13.0 Å². The zero-order valence-corrected chi connectivity index (χ0v) is 15.3. The van der Waals surface area contributed by atoms with E-state index in [1.807, 2.05) is 4.90 Å². The van der Waals surface area contributed by atoms with Crippen molar-refractivity contribution in [2.45, 2.75) is 32.6 Å². The zero-order chi connectivity index (χ0) is 19.6. The standard InChI is InChI=1S/C18H17ClF3N3O2/c1-2-27-17(26)14-8-13(19)12-4-6-25(10-15(12)24-14)9-11-3-5-23-16(7-11)18(20,21)22/h3,5,7-8H,2,4,6,9-10H2,1H3. The van der Waals surface area contributed by atoms with Gasteiger partial charge in [0.1, 0.15) is 11.4 Å². The lowest BCUT2D eigenvalue weighted by molar-refractivity contribution is -0.141. The van der Waals surface area contributed by atoms with Crippen LogP contribution < -0.4 is 0 Å². The molecule has 0 saturated carbocycles. The van der Waals surface area contributed by atoms with Crippen molar-refractivity contribution in [2.75, 3.05) is 13.2 Å². The second kappa shape index (κ2) is 7.82. The van der Waals surface area contributed by atoms with Crippen molar-refractivity contribution in [1.82, 2.24) is 14.9 Å². The number of halogens is 4. The van der Waals surface area contributed by atoms with Crippen molar-refractivity contribution in [3.05, 3.63) is 57.6 Å². The third-order valence-electron chi connectivity index (χ3n) is 4.21. The van der Waals surface area contributed by atoms with Gasteiger partial charge in [0.15, 0.2) is 0 Å². The molecule has 0 aromatic carbocycles. The van der Waals surface area contributed by atoms with E-state index in [4.69, 9.17) is 16.3 Å². The number of nitrogens with zero attached hydrogens (tertiary/aromatic N) is 3. The van der Waals surface area contributed by atoms with Crippen LogP contribution in [0, 0.1) is 0 Å². The molecule has 0 amide bonds. The van der Waals surface area contributed by atoms with Gasteiger partial charge in [-0.1, -0.05) is 11.6 Å². The summed E-state index contributed by atoms with van der Waals surface area (Å²) in [6.07, 6.45) is -2.72. The van der Waals surface area contributed by atoms with E-state index in [2.05, 4.69) is 9.97 Å². The number of fused-ring (bicyclic) bond motifs is 1. The third-order valence-corrected chi connectivity index (χ3v) is 4.55. The lowest BCUT2D eigenvalue weighted by Crippen LogP contribution is -2.31. The van der Waals surface area contributed by atoms with Crippen LogP contribution in [0.2, 0.25) is 5.02 Å². The number of hydrogen-bond acceptors (Lipinski definition) is 5. The number of carbonyl (C=O) groups excluding carboxylic acids is 1. The van der Waals surface area contributed by atoms with Crippen LogP contribution in [0.25, 0.3) is 0 Å². The number of ether oxygens (including phenoxy) is 1. The maximum Gasteiger partial charge on any atom is 0.433 e. The Bertz CT molecular complexity index is 858. The smallest absolute Gasteiger partial charge is 0.433 e. The van der Waals surface area contributed by atoms with Gasteiger partial charge in [-0.25, -0.2) is 9.78 Å². The summed E-state index contributed by atoms with van der Waals surface area (Å²) in [5, 5.41) is 0.450. The molecule has 2 aromatic heterocycles. The summed E-state index contributed by atoms with van der Waals surface area (Å²) in [6, 6.07) is 4.09. The van der Waals surface area contributed by atoms with Crippen molar-refractivity contribution in [2.24, 2.45) is 0 Å². The molecule has 0 radical (unpaired) electrons. The van der Waals surface area contributed by atoms with Gasteiger partial charge in [-0.2, -0.15) is 13.2 Å². The summed E-state index contributed by atoms with van der Waals surface area (Å²) < 4.78 is 43.4. The molecule has 2 aromatic rings. The Hall–Kier alpha value is -2.19. The Labute approximate surface area is 159 Å². The minimum absolute atomic E-state index is 0.130. The number of esters is 1. The first kappa shape index (κ1) is 19.6. The summed E-state index contributed by atoms with van der Waals surface area (Å²) in [7, 11) is 0. The molecule has 3 rings (SSSR count). The molecule has 1 aliphatic heterocycles. The van der Waals surface area contributed by atoms with Crippen LogP contribution in [0.15, 0.2) is 24.4 Å². The zero-order valence-electron chi connectivity index (χ0n) is 14.5. The molecule has 0 bridgehead atoms. The molecular formula is C18H17ClF3N3O2. The monoisotopic (exact) mass is 399 g/mol. The van der Waals surface area contributed by atoms with E-state index >= 15 is 0 Å². The van der Waals surface area contributed by atoms with Crippen molar-refractivity contribution in [3.63, 3.8) is 0 Å². The second-order valence-corrected chi connectivity index (χ2v) is 6.55. The number of rotatable bonds is 4. The van der Waals surface area contributed by atoms with Crippen LogP contribution in [0.1, 0.15) is 39.9 Å². The van der Waals surface area contributed by atoms with E-state index in [0.29, 0.717) is 42.3 Å². The van der Waals surface area contributed by atoms with Gasteiger partial charge in [-0.05, 0) is 42.7 Å². The minimum atomic E-state index is -4.48. The van der Waals surface area contributed by atoms with E-state index < -0.39 is 17.8 Å². The van der Waals surface area contributed by atoms with Crippen LogP contribution in [0.3, 0.4) is 0 Å². The Morgan fingerprint density at radius 3 is 2.85 bits per heavy atom. The van der Waals surface area contributed by atoms with Crippen LogP contribution >= 0.6 is 11.6 Å². The normalized spacial score (nSPS) is 14.7. The van der Waals surface area contributed by atoms with Crippen molar-refractivity contribution in [1.29, 1.82) is 0 Å². The molecule has 0 atom stereocenters. The van der Waals surface area contributed by atoms with Gasteiger partial charge < -0.3 is 4.74 Å². The average Bonchev–Trinajstić information content (AvgIpc) is 2.61. The summed E-state index contributed by atoms with van der Waals surface area (Å²) in [4.78, 5) is 21.6. The van der Waals surface area contributed by atoms with E-state index in [9.17, 15) is 18.0 Å². The predicted molar refractivity (Wildman–Crippen MR) is 92.3 cm³/mol. The first-order valence-electron chi connectivity index (χ1n) is 8.38. The molecule has 0 aliphatic carbocycles. The number of alkyl halides is 3. The fourth-order valence-electron chi connectivity index (χ4n) is 2.98. The Morgan fingerprint density at radius 2 is 2.15 bits per heavy atom. The van der Waals surface area contributed by atoms with Crippen LogP contribution in [0.4, 0.5) is 13.2 Å². The van der Waals surface area contributed by atoms with Crippen molar-refractivity contribution in [3.8, 4) is 0 Å². The molecule has 5 nitrogen and oxygen atoms in total.